The number of hydrogen-bond donors (Lipinski definition) is 0. The van der Waals surface area contributed by atoms with Gasteiger partial charge in [0.05, 0.1) is 18.3 Å². The van der Waals surface area contributed by atoms with Crippen molar-refractivity contribution in [3.05, 3.63) is 63.7 Å². The van der Waals surface area contributed by atoms with Gasteiger partial charge in [0.25, 0.3) is 0 Å². The Morgan fingerprint density at radius 2 is 2.00 bits per heavy atom. The fraction of sp³-hybridized carbons (Fsp3) is 0.0714. The van der Waals surface area contributed by atoms with Gasteiger partial charge < -0.3 is 0 Å². The van der Waals surface area contributed by atoms with E-state index in [1.165, 1.54) is 0 Å². The van der Waals surface area contributed by atoms with E-state index in [1.807, 2.05) is 41.2 Å². The van der Waals surface area contributed by atoms with Gasteiger partial charge in [0.1, 0.15) is 0 Å². The van der Waals surface area contributed by atoms with Crippen molar-refractivity contribution in [3.8, 4) is 0 Å². The molecule has 18 heavy (non-hydrogen) atoms. The van der Waals surface area contributed by atoms with Crippen LogP contribution in [0.5, 0.6) is 0 Å². The van der Waals surface area contributed by atoms with Crippen LogP contribution < -0.4 is 0 Å². The van der Waals surface area contributed by atoms with E-state index in [4.69, 9.17) is 11.6 Å². The van der Waals surface area contributed by atoms with Crippen LogP contribution in [0, 0.1) is 0 Å². The molecule has 0 atom stereocenters. The molecule has 3 aromatic rings. The summed E-state index contributed by atoms with van der Waals surface area (Å²) in [6.07, 6.45) is 1.88. The van der Waals surface area contributed by atoms with Crippen LogP contribution in [0.2, 0.25) is 5.02 Å². The highest BCUT2D eigenvalue weighted by Gasteiger charge is 2.05. The fourth-order valence-corrected chi connectivity index (χ4v) is 2.70. The maximum Gasteiger partial charge on any atom is 0.0686 e. The summed E-state index contributed by atoms with van der Waals surface area (Å²) in [4.78, 5) is 0. The number of aromatic nitrogens is 2. The van der Waals surface area contributed by atoms with E-state index in [-0.39, 0.29) is 0 Å². The highest BCUT2D eigenvalue weighted by Crippen LogP contribution is 2.23. The largest absolute Gasteiger partial charge is 0.260 e. The smallest absolute Gasteiger partial charge is 0.0686 e. The lowest BCUT2D eigenvalue weighted by Gasteiger charge is -2.06. The van der Waals surface area contributed by atoms with Crippen molar-refractivity contribution in [2.45, 2.75) is 6.54 Å². The second-order valence-corrected chi connectivity index (χ2v) is 5.42. The van der Waals surface area contributed by atoms with Crippen molar-refractivity contribution in [2.75, 3.05) is 0 Å². The minimum absolute atomic E-state index is 0.680. The molecule has 4 heteroatoms. The Morgan fingerprint density at radius 3 is 2.83 bits per heavy atom. The van der Waals surface area contributed by atoms with Crippen molar-refractivity contribution in [3.63, 3.8) is 0 Å². The quantitative estimate of drug-likeness (QED) is 0.679. The van der Waals surface area contributed by atoms with Crippen LogP contribution in [-0.2, 0) is 6.54 Å². The van der Waals surface area contributed by atoms with Gasteiger partial charge in [-0.2, -0.15) is 5.10 Å². The second-order valence-electron chi connectivity index (χ2n) is 4.10. The molecule has 0 radical (unpaired) electrons. The molecule has 0 aliphatic carbocycles. The molecule has 0 saturated carbocycles. The molecule has 0 aliphatic rings. The summed E-state index contributed by atoms with van der Waals surface area (Å²) >= 11 is 9.63. The van der Waals surface area contributed by atoms with E-state index in [2.05, 4.69) is 33.2 Å². The van der Waals surface area contributed by atoms with Crippen LogP contribution in [0.25, 0.3) is 10.9 Å². The van der Waals surface area contributed by atoms with Crippen LogP contribution in [-0.4, -0.2) is 9.78 Å². The maximum absolute atomic E-state index is 6.23. The van der Waals surface area contributed by atoms with Crippen molar-refractivity contribution in [1.29, 1.82) is 0 Å². The Labute approximate surface area is 118 Å². The molecule has 3 rings (SSSR count). The van der Waals surface area contributed by atoms with Gasteiger partial charge >= 0.3 is 0 Å². The Morgan fingerprint density at radius 1 is 1.17 bits per heavy atom. The highest BCUT2D eigenvalue weighted by atomic mass is 79.9. The molecule has 0 saturated heterocycles. The number of nitrogens with zero attached hydrogens (tertiary/aromatic N) is 2. The fourth-order valence-electron chi connectivity index (χ4n) is 1.96. The SMILES string of the molecule is Clc1cc(Br)ccc1Cn1ncc2ccccc21. The van der Waals surface area contributed by atoms with Gasteiger partial charge in [0, 0.05) is 14.9 Å². The topological polar surface area (TPSA) is 17.8 Å². The molecule has 1 heterocycles. The summed E-state index contributed by atoms with van der Waals surface area (Å²) in [5.74, 6) is 0. The lowest BCUT2D eigenvalue weighted by Crippen LogP contribution is -2.01. The third-order valence-corrected chi connectivity index (χ3v) is 3.73. The normalized spacial score (nSPS) is 11.0. The van der Waals surface area contributed by atoms with E-state index < -0.39 is 0 Å². The van der Waals surface area contributed by atoms with Crippen LogP contribution >= 0.6 is 27.5 Å². The summed E-state index contributed by atoms with van der Waals surface area (Å²) in [5, 5.41) is 6.30. The summed E-state index contributed by atoms with van der Waals surface area (Å²) < 4.78 is 2.95. The number of halogens is 2. The second kappa shape index (κ2) is 4.75. The minimum Gasteiger partial charge on any atom is -0.260 e. The number of benzene rings is 2. The molecule has 0 amide bonds. The lowest BCUT2D eigenvalue weighted by atomic mass is 10.2. The van der Waals surface area contributed by atoms with E-state index in [9.17, 15) is 0 Å². The van der Waals surface area contributed by atoms with Crippen molar-refractivity contribution in [1.82, 2.24) is 9.78 Å². The third kappa shape index (κ3) is 2.16. The highest BCUT2D eigenvalue weighted by molar-refractivity contribution is 9.10. The first kappa shape index (κ1) is 11.8. The first-order valence-electron chi connectivity index (χ1n) is 5.58. The molecule has 0 unspecified atom stereocenters. The van der Waals surface area contributed by atoms with E-state index >= 15 is 0 Å². The molecule has 2 aromatic carbocycles. The molecule has 0 N–H and O–H groups in total. The Hall–Kier alpha value is -1.32. The van der Waals surface area contributed by atoms with Crippen LogP contribution in [0.1, 0.15) is 5.56 Å². The average molecular weight is 322 g/mol. The summed E-state index contributed by atoms with van der Waals surface area (Å²) in [6.45, 7) is 0.680. The van der Waals surface area contributed by atoms with E-state index in [0.29, 0.717) is 6.54 Å². The molecule has 90 valence electrons. The van der Waals surface area contributed by atoms with E-state index in [0.717, 1.165) is 26.0 Å². The van der Waals surface area contributed by atoms with Crippen molar-refractivity contribution in [2.24, 2.45) is 0 Å². The Balaban J connectivity index is 2.01. The van der Waals surface area contributed by atoms with Gasteiger partial charge in [-0.25, -0.2) is 0 Å². The monoisotopic (exact) mass is 320 g/mol. The molecule has 2 nitrogen and oxygen atoms in total. The summed E-state index contributed by atoms with van der Waals surface area (Å²) in [5.41, 5.74) is 2.19. The predicted molar refractivity (Wildman–Crippen MR) is 78.0 cm³/mol. The van der Waals surface area contributed by atoms with E-state index in [1.54, 1.807) is 0 Å². The van der Waals surface area contributed by atoms with Crippen molar-refractivity contribution >= 4 is 38.4 Å². The molecule has 0 fully saturated rings. The molecule has 0 bridgehead atoms. The zero-order valence-corrected chi connectivity index (χ0v) is 11.8. The van der Waals surface area contributed by atoms with Gasteiger partial charge in [0.15, 0.2) is 0 Å². The zero-order chi connectivity index (χ0) is 12.5. The number of para-hydroxylation sites is 1. The zero-order valence-electron chi connectivity index (χ0n) is 9.48. The molecule has 0 aliphatic heterocycles. The summed E-state index contributed by atoms with van der Waals surface area (Å²) in [6, 6.07) is 14.1. The Kier molecular flexibility index (Phi) is 3.10. The average Bonchev–Trinajstić information content (AvgIpc) is 2.76. The molecule has 1 aromatic heterocycles. The predicted octanol–water partition coefficient (Wildman–Crippen LogP) is 4.50. The molecule has 0 spiro atoms. The van der Waals surface area contributed by atoms with Crippen LogP contribution in [0.3, 0.4) is 0 Å². The van der Waals surface area contributed by atoms with Crippen molar-refractivity contribution < 1.29 is 0 Å². The molecular weight excluding hydrogens is 312 g/mol. The number of rotatable bonds is 2. The van der Waals surface area contributed by atoms with Gasteiger partial charge in [-0.05, 0) is 23.8 Å². The maximum atomic E-state index is 6.23. The standard InChI is InChI=1S/C14H10BrClN2/c15-12-6-5-11(13(16)7-12)9-18-14-4-2-1-3-10(14)8-17-18/h1-8H,9H2. The molecular formula is C14H10BrClN2. The van der Waals surface area contributed by atoms with Crippen LogP contribution in [0.15, 0.2) is 53.1 Å². The lowest BCUT2D eigenvalue weighted by molar-refractivity contribution is 0.712. The first-order valence-corrected chi connectivity index (χ1v) is 6.75. The summed E-state index contributed by atoms with van der Waals surface area (Å²) in [7, 11) is 0. The third-order valence-electron chi connectivity index (χ3n) is 2.89. The first-order chi connectivity index (χ1) is 8.74. The van der Waals surface area contributed by atoms with Gasteiger partial charge in [-0.1, -0.05) is 51.8 Å². The minimum atomic E-state index is 0.680. The van der Waals surface area contributed by atoms with Gasteiger partial charge in [-0.3, -0.25) is 4.68 Å². The number of hydrogen-bond acceptors (Lipinski definition) is 1. The van der Waals surface area contributed by atoms with Gasteiger partial charge in [-0.15, -0.1) is 0 Å². The van der Waals surface area contributed by atoms with Crippen LogP contribution in [0.4, 0.5) is 0 Å². The number of fused-ring (bicyclic) bond motifs is 1. The van der Waals surface area contributed by atoms with Gasteiger partial charge in [0.2, 0.25) is 0 Å². The Bertz CT molecular complexity index is 706.